The highest BCUT2D eigenvalue weighted by molar-refractivity contribution is 6.02. The average Bonchev–Trinajstić information content (AvgIpc) is 3.32. The van der Waals surface area contributed by atoms with E-state index in [2.05, 4.69) is 65.6 Å². The summed E-state index contributed by atoms with van der Waals surface area (Å²) in [6.45, 7) is 21.3. The first-order valence-corrected chi connectivity index (χ1v) is 25.0. The van der Waals surface area contributed by atoms with Crippen molar-refractivity contribution in [2.24, 2.45) is 33.9 Å². The zero-order valence-corrected chi connectivity index (χ0v) is 41.3. The van der Waals surface area contributed by atoms with Crippen LogP contribution in [0.25, 0.3) is 0 Å². The molecule has 0 bridgehead atoms. The number of hydrogen-bond acceptors (Lipinski definition) is 8. The summed E-state index contributed by atoms with van der Waals surface area (Å²) < 4.78 is 0.536. The van der Waals surface area contributed by atoms with Crippen molar-refractivity contribution in [3.8, 4) is 11.9 Å². The lowest BCUT2D eigenvalue weighted by Gasteiger charge is -2.32. The van der Waals surface area contributed by atoms with Gasteiger partial charge in [-0.2, -0.15) is 5.26 Å². The van der Waals surface area contributed by atoms with Gasteiger partial charge in [0.2, 0.25) is 5.88 Å². The third kappa shape index (κ3) is 15.5. The van der Waals surface area contributed by atoms with Crippen molar-refractivity contribution in [2.45, 2.75) is 165 Å². The number of carbonyl (C=O) groups is 3. The molecule has 1 aromatic heterocycles. The van der Waals surface area contributed by atoms with Gasteiger partial charge in [0.1, 0.15) is 11.6 Å². The highest BCUT2D eigenvalue weighted by atomic mass is 16.3. The molecular formula is C54H80N6O5. The first-order chi connectivity index (χ1) is 31.4. The fourth-order valence-corrected chi connectivity index (χ4v) is 8.69. The second-order valence-electron chi connectivity index (χ2n) is 18.1. The molecule has 2 aromatic carbocycles. The fraction of sp³-hybridized carbons (Fsp3) is 0.611. The maximum atomic E-state index is 15.1. The Morgan fingerprint density at radius 2 is 1.09 bits per heavy atom. The molecular weight excluding hydrogens is 813 g/mol. The summed E-state index contributed by atoms with van der Waals surface area (Å²) in [6, 6.07) is 14.9. The molecule has 0 fully saturated rings. The molecule has 0 saturated carbocycles. The third-order valence-electron chi connectivity index (χ3n) is 13.3. The van der Waals surface area contributed by atoms with Crippen molar-refractivity contribution in [1.29, 1.82) is 5.26 Å². The second kappa shape index (κ2) is 28.7. The van der Waals surface area contributed by atoms with Crippen molar-refractivity contribution in [2.75, 3.05) is 26.2 Å². The molecule has 2 amide bonds. The lowest BCUT2D eigenvalue weighted by Crippen LogP contribution is -2.39. The maximum Gasteiger partial charge on any atom is 0.288 e. The van der Waals surface area contributed by atoms with Crippen LogP contribution in [0.5, 0.6) is 5.88 Å². The van der Waals surface area contributed by atoms with Gasteiger partial charge in [-0.15, -0.1) is 10.2 Å². The number of carbonyl (C=O) groups excluding carboxylic acids is 3. The zero-order chi connectivity index (χ0) is 47.9. The molecule has 0 aliphatic carbocycles. The van der Waals surface area contributed by atoms with E-state index in [9.17, 15) is 24.8 Å². The molecule has 0 spiro atoms. The summed E-state index contributed by atoms with van der Waals surface area (Å²) in [5, 5.41) is 30.3. The number of aromatic hydroxyl groups is 1. The van der Waals surface area contributed by atoms with Crippen LogP contribution in [-0.2, 0) is 0 Å². The highest BCUT2D eigenvalue weighted by Gasteiger charge is 2.29. The van der Waals surface area contributed by atoms with E-state index in [4.69, 9.17) is 0 Å². The Morgan fingerprint density at radius 1 is 0.646 bits per heavy atom. The standard InChI is InChI=1S/C54H80N6O5/c1-10-18-25-40(14-5)35-58(36-41(15-6)26-19-11-2)50(61)45-31-32-46(52(63)59(37-42(16-7)27-20-12-3)38-43(17-8)28-21-13-4)48(33-45)56-57-49-39(9)47(34-55)53(64)60(54(49)65)51(62)44-29-23-22-24-30-44/h22-24,29-33,40-43,64H,10-21,25-28,35-38H2,1-9H3. The van der Waals surface area contributed by atoms with Crippen LogP contribution in [0.2, 0.25) is 0 Å². The summed E-state index contributed by atoms with van der Waals surface area (Å²) in [6.07, 6.45) is 16.4. The van der Waals surface area contributed by atoms with Crippen molar-refractivity contribution in [1.82, 2.24) is 14.4 Å². The molecule has 3 rings (SSSR count). The minimum atomic E-state index is -0.969. The van der Waals surface area contributed by atoms with E-state index in [-0.39, 0.29) is 45.4 Å². The molecule has 3 aromatic rings. The van der Waals surface area contributed by atoms with Crippen LogP contribution >= 0.6 is 0 Å². The predicted molar refractivity (Wildman–Crippen MR) is 264 cm³/mol. The van der Waals surface area contributed by atoms with E-state index in [0.29, 0.717) is 60.0 Å². The van der Waals surface area contributed by atoms with Crippen molar-refractivity contribution in [3.05, 3.63) is 86.7 Å². The molecule has 0 aliphatic heterocycles. The highest BCUT2D eigenvalue weighted by Crippen LogP contribution is 2.32. The Hall–Kier alpha value is -5.11. The number of rotatable bonds is 29. The summed E-state index contributed by atoms with van der Waals surface area (Å²) in [7, 11) is 0. The van der Waals surface area contributed by atoms with Crippen LogP contribution in [-0.4, -0.2) is 63.4 Å². The van der Waals surface area contributed by atoms with Gasteiger partial charge < -0.3 is 14.9 Å². The van der Waals surface area contributed by atoms with Crippen LogP contribution in [0.4, 0.5) is 11.4 Å². The molecule has 0 saturated heterocycles. The molecule has 356 valence electrons. The number of amides is 2. The molecule has 4 unspecified atom stereocenters. The van der Waals surface area contributed by atoms with Gasteiger partial charge in [0.15, 0.2) is 5.69 Å². The molecule has 0 aliphatic rings. The number of hydrogen-bond donors (Lipinski definition) is 1. The van der Waals surface area contributed by atoms with E-state index in [1.807, 2.05) is 15.9 Å². The molecule has 4 atom stereocenters. The van der Waals surface area contributed by atoms with Gasteiger partial charge >= 0.3 is 0 Å². The van der Waals surface area contributed by atoms with Gasteiger partial charge in [0.25, 0.3) is 23.3 Å². The van der Waals surface area contributed by atoms with Gasteiger partial charge in [-0.25, -0.2) is 4.57 Å². The molecule has 1 N–H and O–H groups in total. The molecule has 11 heteroatoms. The number of azo groups is 1. The van der Waals surface area contributed by atoms with Gasteiger partial charge in [-0.1, -0.05) is 151 Å². The fourth-order valence-electron chi connectivity index (χ4n) is 8.69. The Morgan fingerprint density at radius 3 is 1.51 bits per heavy atom. The second-order valence-corrected chi connectivity index (χ2v) is 18.1. The van der Waals surface area contributed by atoms with Crippen LogP contribution in [0.1, 0.15) is 200 Å². The van der Waals surface area contributed by atoms with E-state index in [1.165, 1.54) is 19.1 Å². The molecule has 65 heavy (non-hydrogen) atoms. The smallest absolute Gasteiger partial charge is 0.288 e. The lowest BCUT2D eigenvalue weighted by atomic mass is 9.94. The van der Waals surface area contributed by atoms with Crippen LogP contribution in [0.3, 0.4) is 0 Å². The number of unbranched alkanes of at least 4 members (excludes halogenated alkanes) is 4. The Balaban J connectivity index is 2.34. The van der Waals surface area contributed by atoms with Crippen LogP contribution in [0, 0.1) is 41.9 Å². The predicted octanol–water partition coefficient (Wildman–Crippen LogP) is 13.6. The van der Waals surface area contributed by atoms with Crippen molar-refractivity contribution in [3.63, 3.8) is 0 Å². The topological polar surface area (TPSA) is 148 Å². The Labute approximate surface area is 390 Å². The maximum absolute atomic E-state index is 15.1. The first-order valence-electron chi connectivity index (χ1n) is 25.0. The number of aromatic nitrogens is 1. The minimum absolute atomic E-state index is 0.0302. The number of pyridine rings is 1. The van der Waals surface area contributed by atoms with Crippen LogP contribution < -0.4 is 5.56 Å². The van der Waals surface area contributed by atoms with E-state index >= 15 is 4.79 Å². The zero-order valence-electron chi connectivity index (χ0n) is 41.3. The molecule has 0 radical (unpaired) electrons. The number of nitrogens with zero attached hydrogens (tertiary/aromatic N) is 6. The van der Waals surface area contributed by atoms with Gasteiger partial charge in [-0.05, 0) is 86.6 Å². The average molecular weight is 893 g/mol. The van der Waals surface area contributed by atoms with Gasteiger partial charge in [0.05, 0.1) is 11.3 Å². The number of benzene rings is 2. The SMILES string of the molecule is CCCCC(CC)CN(CC(CC)CCCC)C(=O)c1ccc(C(=O)N(CC(CC)CCCC)CC(CC)CCCC)c(N=Nc2c(C)c(C#N)c(O)n(C(=O)c3ccccc3)c2=O)c1. The normalized spacial score (nSPS) is 13.3. The number of nitriles is 1. The van der Waals surface area contributed by atoms with E-state index in [0.717, 1.165) is 103 Å². The Bertz CT molecular complexity index is 2050. The monoisotopic (exact) mass is 893 g/mol. The summed E-state index contributed by atoms with van der Waals surface area (Å²) in [5.74, 6) is -0.747. The largest absolute Gasteiger partial charge is 0.493 e. The quantitative estimate of drug-likeness (QED) is 0.0686. The first kappa shape index (κ1) is 54.2. The minimum Gasteiger partial charge on any atom is -0.493 e. The van der Waals surface area contributed by atoms with Crippen LogP contribution in [0.15, 0.2) is 63.6 Å². The van der Waals surface area contributed by atoms with E-state index < -0.39 is 17.3 Å². The third-order valence-corrected chi connectivity index (χ3v) is 13.3. The van der Waals surface area contributed by atoms with Crippen molar-refractivity contribution < 1.29 is 19.5 Å². The molecule has 1 heterocycles. The van der Waals surface area contributed by atoms with Gasteiger partial charge in [0, 0.05) is 42.9 Å². The lowest BCUT2D eigenvalue weighted by molar-refractivity contribution is 0.0674. The summed E-state index contributed by atoms with van der Waals surface area (Å²) in [4.78, 5) is 61.9. The van der Waals surface area contributed by atoms with Crippen molar-refractivity contribution >= 4 is 29.1 Å². The van der Waals surface area contributed by atoms with E-state index in [1.54, 1.807) is 36.4 Å². The molecule has 11 nitrogen and oxygen atoms in total. The summed E-state index contributed by atoms with van der Waals surface area (Å²) >= 11 is 0. The Kier molecular flexibility index (Phi) is 24.0. The summed E-state index contributed by atoms with van der Waals surface area (Å²) in [5.41, 5.74) is -0.744. The van der Waals surface area contributed by atoms with Gasteiger partial charge in [-0.3, -0.25) is 19.2 Å².